The van der Waals surface area contributed by atoms with Crippen LogP contribution < -0.4 is 5.32 Å². The number of hydrogen-bond donors (Lipinski definition) is 2. The predicted octanol–water partition coefficient (Wildman–Crippen LogP) is 2.94. The van der Waals surface area contributed by atoms with E-state index in [0.717, 1.165) is 16.5 Å². The first-order valence-corrected chi connectivity index (χ1v) is 8.47. The van der Waals surface area contributed by atoms with E-state index in [-0.39, 0.29) is 0 Å². The topological polar surface area (TPSA) is 92.7 Å². The van der Waals surface area contributed by atoms with Crippen LogP contribution in [0.15, 0.2) is 61.1 Å². The molecule has 1 amide bonds. The molecule has 0 atom stereocenters. The minimum atomic E-state index is -0.713. The van der Waals surface area contributed by atoms with Crippen LogP contribution in [-0.2, 0) is 11.3 Å². The summed E-state index contributed by atoms with van der Waals surface area (Å²) in [7, 11) is 0. The number of ketones is 1. The number of H-pyrrole nitrogens is 1. The van der Waals surface area contributed by atoms with E-state index in [4.69, 9.17) is 0 Å². The van der Waals surface area contributed by atoms with E-state index in [0.29, 0.717) is 23.6 Å². The number of amides is 1. The number of fused-ring (bicyclic) bond motifs is 1. The number of carbonyl (C=O) groups excluding carboxylic acids is 2. The van der Waals surface area contributed by atoms with Crippen LogP contribution in [0.1, 0.15) is 21.6 Å². The van der Waals surface area contributed by atoms with E-state index < -0.39 is 11.7 Å². The lowest BCUT2D eigenvalue weighted by Crippen LogP contribution is -2.23. The highest BCUT2D eigenvalue weighted by atomic mass is 16.2. The minimum absolute atomic E-state index is 0.328. The first-order chi connectivity index (χ1) is 13.1. The molecule has 0 saturated heterocycles. The van der Waals surface area contributed by atoms with Crippen LogP contribution in [0.25, 0.3) is 10.9 Å². The number of aromatic nitrogens is 4. The number of nitrogens with zero attached hydrogens (tertiary/aromatic N) is 3. The molecule has 3 heterocycles. The SMILES string of the molecule is Cc1[nH]c2ccccc2c1C(=O)C(=O)Nc1ccn(Cc2cccnc2)n1. The summed E-state index contributed by atoms with van der Waals surface area (Å²) in [5, 5.41) is 7.60. The van der Waals surface area contributed by atoms with E-state index >= 15 is 0 Å². The zero-order chi connectivity index (χ0) is 18.8. The number of aromatic amines is 1. The summed E-state index contributed by atoms with van der Waals surface area (Å²) >= 11 is 0. The minimum Gasteiger partial charge on any atom is -0.358 e. The molecule has 0 spiro atoms. The Morgan fingerprint density at radius 2 is 2.00 bits per heavy atom. The summed E-state index contributed by atoms with van der Waals surface area (Å²) in [6.45, 7) is 2.31. The number of anilines is 1. The molecule has 27 heavy (non-hydrogen) atoms. The lowest BCUT2D eigenvalue weighted by molar-refractivity contribution is -0.112. The van der Waals surface area contributed by atoms with Crippen LogP contribution in [0.5, 0.6) is 0 Å². The number of rotatable bonds is 5. The zero-order valence-corrected chi connectivity index (χ0v) is 14.6. The second kappa shape index (κ2) is 6.87. The summed E-state index contributed by atoms with van der Waals surface area (Å²) in [6.07, 6.45) is 5.20. The maximum Gasteiger partial charge on any atom is 0.298 e. The lowest BCUT2D eigenvalue weighted by atomic mass is 10.1. The Hall–Kier alpha value is -3.74. The van der Waals surface area contributed by atoms with Gasteiger partial charge in [-0.15, -0.1) is 0 Å². The van der Waals surface area contributed by atoms with Gasteiger partial charge in [-0.1, -0.05) is 24.3 Å². The molecule has 0 radical (unpaired) electrons. The average Bonchev–Trinajstić information content (AvgIpc) is 3.24. The largest absolute Gasteiger partial charge is 0.358 e. The lowest BCUT2D eigenvalue weighted by Gasteiger charge is -2.03. The average molecular weight is 359 g/mol. The summed E-state index contributed by atoms with van der Waals surface area (Å²) in [4.78, 5) is 32.3. The van der Waals surface area contributed by atoms with Crippen LogP contribution in [0.4, 0.5) is 5.82 Å². The number of nitrogens with one attached hydrogen (secondary N) is 2. The quantitative estimate of drug-likeness (QED) is 0.423. The van der Waals surface area contributed by atoms with E-state index in [2.05, 4.69) is 20.4 Å². The van der Waals surface area contributed by atoms with Crippen molar-refractivity contribution in [1.29, 1.82) is 0 Å². The third-order valence-corrected chi connectivity index (χ3v) is 4.28. The van der Waals surface area contributed by atoms with E-state index in [9.17, 15) is 9.59 Å². The van der Waals surface area contributed by atoms with E-state index in [1.165, 1.54) is 0 Å². The van der Waals surface area contributed by atoms with Crippen LogP contribution in [0.3, 0.4) is 0 Å². The molecule has 4 aromatic rings. The number of para-hydroxylation sites is 1. The summed E-state index contributed by atoms with van der Waals surface area (Å²) in [5.41, 5.74) is 2.87. The maximum atomic E-state index is 12.7. The molecular weight excluding hydrogens is 342 g/mol. The van der Waals surface area contributed by atoms with Gasteiger partial charge in [-0.2, -0.15) is 5.10 Å². The standard InChI is InChI=1S/C20H17N5O2/c1-13-18(15-6-2-3-7-16(15)22-13)19(26)20(27)23-17-8-10-25(24-17)12-14-5-4-9-21-11-14/h2-11,22H,12H2,1H3,(H,23,24,27). The molecule has 2 N–H and O–H groups in total. The fraction of sp³-hybridized carbons (Fsp3) is 0.100. The molecule has 0 aliphatic heterocycles. The smallest absolute Gasteiger partial charge is 0.298 e. The first kappa shape index (κ1) is 16.7. The number of pyridine rings is 1. The number of hydrogen-bond acceptors (Lipinski definition) is 4. The third kappa shape index (κ3) is 3.35. The van der Waals surface area contributed by atoms with Gasteiger partial charge in [0, 0.05) is 41.3 Å². The third-order valence-electron chi connectivity index (χ3n) is 4.28. The number of Topliss-reactive ketones (excluding diaryl/α,β-unsaturated/α-hetero) is 1. The Labute approximate surface area is 155 Å². The molecular formula is C20H17N5O2. The van der Waals surface area contributed by atoms with Gasteiger partial charge in [-0.25, -0.2) is 0 Å². The van der Waals surface area contributed by atoms with Crippen molar-refractivity contribution in [2.24, 2.45) is 0 Å². The molecule has 0 saturated carbocycles. The second-order valence-electron chi connectivity index (χ2n) is 6.21. The highest BCUT2D eigenvalue weighted by molar-refractivity contribution is 6.48. The molecule has 4 rings (SSSR count). The fourth-order valence-electron chi connectivity index (χ4n) is 3.05. The van der Waals surface area contributed by atoms with Crippen molar-refractivity contribution < 1.29 is 9.59 Å². The fourth-order valence-corrected chi connectivity index (χ4v) is 3.05. The second-order valence-corrected chi connectivity index (χ2v) is 6.21. The van der Waals surface area contributed by atoms with Gasteiger partial charge in [0.05, 0.1) is 12.1 Å². The molecule has 0 aliphatic rings. The number of aryl methyl sites for hydroxylation is 1. The normalized spacial score (nSPS) is 10.9. The van der Waals surface area contributed by atoms with Gasteiger partial charge in [-0.3, -0.25) is 19.3 Å². The highest BCUT2D eigenvalue weighted by Crippen LogP contribution is 2.22. The van der Waals surface area contributed by atoms with Gasteiger partial charge >= 0.3 is 0 Å². The molecule has 0 aliphatic carbocycles. The monoisotopic (exact) mass is 359 g/mol. The van der Waals surface area contributed by atoms with Gasteiger partial charge < -0.3 is 10.3 Å². The van der Waals surface area contributed by atoms with Crippen LogP contribution >= 0.6 is 0 Å². The molecule has 0 unspecified atom stereocenters. The zero-order valence-electron chi connectivity index (χ0n) is 14.6. The van der Waals surface area contributed by atoms with Gasteiger partial charge in [0.25, 0.3) is 11.7 Å². The van der Waals surface area contributed by atoms with Crippen molar-refractivity contribution in [3.63, 3.8) is 0 Å². The predicted molar refractivity (Wildman–Crippen MR) is 102 cm³/mol. The van der Waals surface area contributed by atoms with Gasteiger partial charge in [0.2, 0.25) is 0 Å². The highest BCUT2D eigenvalue weighted by Gasteiger charge is 2.23. The van der Waals surface area contributed by atoms with Crippen molar-refractivity contribution in [1.82, 2.24) is 19.7 Å². The number of carbonyl (C=O) groups is 2. The van der Waals surface area contributed by atoms with Crippen molar-refractivity contribution in [3.05, 3.63) is 77.9 Å². The molecule has 7 heteroatoms. The van der Waals surface area contributed by atoms with Crippen molar-refractivity contribution in [3.8, 4) is 0 Å². The van der Waals surface area contributed by atoms with Crippen molar-refractivity contribution >= 4 is 28.4 Å². The Kier molecular flexibility index (Phi) is 4.25. The Morgan fingerprint density at radius 1 is 1.15 bits per heavy atom. The molecule has 0 fully saturated rings. The Balaban J connectivity index is 1.50. The summed E-state index contributed by atoms with van der Waals surface area (Å²) in [5.74, 6) is -0.976. The molecule has 7 nitrogen and oxygen atoms in total. The van der Waals surface area contributed by atoms with Crippen LogP contribution in [0, 0.1) is 6.92 Å². The van der Waals surface area contributed by atoms with Crippen LogP contribution in [0.2, 0.25) is 0 Å². The van der Waals surface area contributed by atoms with Crippen molar-refractivity contribution in [2.75, 3.05) is 5.32 Å². The summed E-state index contributed by atoms with van der Waals surface area (Å²) < 4.78 is 1.67. The van der Waals surface area contributed by atoms with Gasteiger partial charge in [0.15, 0.2) is 5.82 Å². The van der Waals surface area contributed by atoms with E-state index in [1.54, 1.807) is 36.3 Å². The Morgan fingerprint density at radius 3 is 2.81 bits per heavy atom. The Bertz CT molecular complexity index is 1130. The summed E-state index contributed by atoms with van der Waals surface area (Å²) in [6, 6.07) is 12.9. The van der Waals surface area contributed by atoms with Crippen molar-refractivity contribution in [2.45, 2.75) is 13.5 Å². The van der Waals surface area contributed by atoms with E-state index in [1.807, 2.05) is 36.4 Å². The molecule has 3 aromatic heterocycles. The molecule has 1 aromatic carbocycles. The molecule has 134 valence electrons. The van der Waals surface area contributed by atoms with Gasteiger partial charge in [0.1, 0.15) is 0 Å². The first-order valence-electron chi connectivity index (χ1n) is 8.47. The molecule has 0 bridgehead atoms. The van der Waals surface area contributed by atoms with Crippen LogP contribution in [-0.4, -0.2) is 31.4 Å². The maximum absolute atomic E-state index is 12.7. The van der Waals surface area contributed by atoms with Gasteiger partial charge in [-0.05, 0) is 24.6 Å². The number of benzene rings is 1.